The van der Waals surface area contributed by atoms with Crippen molar-refractivity contribution in [3.05, 3.63) is 108 Å². The van der Waals surface area contributed by atoms with Crippen LogP contribution in [0.25, 0.3) is 10.9 Å². The van der Waals surface area contributed by atoms with Crippen LogP contribution in [0.4, 0.5) is 0 Å². The first-order valence-corrected chi connectivity index (χ1v) is 19.3. The third kappa shape index (κ3) is 12.0. The number of nitrogens with two attached hydrogens (primary N) is 1. The zero-order chi connectivity index (χ0) is 42.5. The van der Waals surface area contributed by atoms with E-state index >= 15 is 0 Å². The van der Waals surface area contributed by atoms with Crippen molar-refractivity contribution in [3.8, 4) is 0 Å². The van der Waals surface area contributed by atoms with Crippen molar-refractivity contribution < 1.29 is 48.9 Å². The maximum Gasteiger partial charge on any atom is 0.326 e. The van der Waals surface area contributed by atoms with Crippen molar-refractivity contribution >= 4 is 52.4 Å². The number of amides is 5. The Morgan fingerprint density at radius 1 is 0.712 bits per heavy atom. The van der Waals surface area contributed by atoms with Gasteiger partial charge in [-0.1, -0.05) is 78.9 Å². The lowest BCUT2D eigenvalue weighted by atomic mass is 10.0. The summed E-state index contributed by atoms with van der Waals surface area (Å²) in [6.45, 7) is -0.763. The van der Waals surface area contributed by atoms with Crippen LogP contribution in [0.2, 0.25) is 0 Å². The molecule has 0 saturated carbocycles. The van der Waals surface area contributed by atoms with E-state index in [0.717, 1.165) is 16.5 Å². The summed E-state index contributed by atoms with van der Waals surface area (Å²) < 4.78 is 0. The number of hydrogen-bond acceptors (Lipinski definition) is 9. The van der Waals surface area contributed by atoms with E-state index in [2.05, 4.69) is 26.3 Å². The first-order valence-electron chi connectivity index (χ1n) is 19.3. The van der Waals surface area contributed by atoms with Gasteiger partial charge in [0.1, 0.15) is 30.2 Å². The summed E-state index contributed by atoms with van der Waals surface area (Å²) in [5.74, 6) is -6.53. The van der Waals surface area contributed by atoms with E-state index in [1.165, 1.54) is 4.90 Å². The fourth-order valence-electron chi connectivity index (χ4n) is 7.05. The molecular formula is C42H49N7O10. The highest BCUT2D eigenvalue weighted by molar-refractivity contribution is 5.97. The second-order valence-electron chi connectivity index (χ2n) is 14.4. The standard InChI is InChI=1S/C42H49N7O10/c43-29(22-27-23-44-30-15-8-7-14-28(27)30)37(53)48-34(24-50)39(55)46-32(20-25-10-3-1-4-11-25)38(54)45-31(17-18-36(51)52)41(57)49-19-9-16-35(49)40(56)47-33(42(58)59)21-26-12-5-2-6-13-26/h1-8,10-15,23,29,31-35,44,50H,9,16-22,24,43H2,(H,45,54)(H,46,55)(H,47,56)(H,48,53)(H,51,52)(H,58,59)/t29-,31-,32-,33-,34-,35-/m0/s1. The summed E-state index contributed by atoms with van der Waals surface area (Å²) >= 11 is 0. The topological polar surface area (TPSA) is 273 Å². The molecule has 0 radical (unpaired) electrons. The number of nitrogens with one attached hydrogen (secondary N) is 5. The third-order valence-corrected chi connectivity index (χ3v) is 10.2. The van der Waals surface area contributed by atoms with Crippen LogP contribution in [0.3, 0.4) is 0 Å². The van der Waals surface area contributed by atoms with Crippen LogP contribution < -0.4 is 27.0 Å². The van der Waals surface area contributed by atoms with Crippen molar-refractivity contribution in [3.63, 3.8) is 0 Å². The number of fused-ring (bicyclic) bond motifs is 1. The maximum atomic E-state index is 14.1. The number of aliphatic carboxylic acids is 2. The number of rotatable bonds is 20. The van der Waals surface area contributed by atoms with Gasteiger partial charge in [-0.05, 0) is 48.4 Å². The number of aliphatic hydroxyl groups excluding tert-OH is 1. The Hall–Kier alpha value is -6.59. The summed E-state index contributed by atoms with van der Waals surface area (Å²) in [6.07, 6.45) is 1.42. The number of carbonyl (C=O) groups excluding carboxylic acids is 5. The number of carboxylic acids is 2. The molecule has 10 N–H and O–H groups in total. The molecule has 6 atom stereocenters. The average Bonchev–Trinajstić information content (AvgIpc) is 3.89. The molecule has 2 heterocycles. The average molecular weight is 812 g/mol. The number of H-pyrrole nitrogens is 1. The van der Waals surface area contributed by atoms with Gasteiger partial charge in [0.15, 0.2) is 0 Å². The van der Waals surface area contributed by atoms with Crippen LogP contribution in [0, 0.1) is 0 Å². The Balaban J connectivity index is 1.29. The van der Waals surface area contributed by atoms with E-state index in [0.29, 0.717) is 17.5 Å². The number of aromatic nitrogens is 1. The fourth-order valence-corrected chi connectivity index (χ4v) is 7.05. The SMILES string of the molecule is N[C@@H](Cc1c[nH]c2ccccc12)C(=O)N[C@@H](CO)C(=O)N[C@@H](Cc1ccccc1)C(=O)N[C@@H](CCC(=O)O)C(=O)N1CCC[C@H]1C(=O)N[C@@H](Cc1ccccc1)C(=O)O. The van der Waals surface area contributed by atoms with Crippen molar-refractivity contribution in [1.29, 1.82) is 0 Å². The molecule has 17 heteroatoms. The minimum atomic E-state index is -1.52. The molecule has 312 valence electrons. The molecular weight excluding hydrogens is 763 g/mol. The molecule has 0 unspecified atom stereocenters. The Morgan fingerprint density at radius 3 is 1.92 bits per heavy atom. The number of carboxylic acid groups (broad SMARTS) is 2. The van der Waals surface area contributed by atoms with Crippen molar-refractivity contribution in [2.45, 2.75) is 81.2 Å². The normalized spacial score (nSPS) is 16.2. The lowest BCUT2D eigenvalue weighted by Gasteiger charge is -2.30. The summed E-state index contributed by atoms with van der Waals surface area (Å²) in [7, 11) is 0. The van der Waals surface area contributed by atoms with Crippen LogP contribution in [0.1, 0.15) is 42.4 Å². The number of carbonyl (C=O) groups is 7. The fraction of sp³-hybridized carbons (Fsp3) is 0.357. The molecule has 17 nitrogen and oxygen atoms in total. The molecule has 3 aromatic carbocycles. The first-order chi connectivity index (χ1) is 28.3. The second kappa shape index (κ2) is 20.7. The van der Waals surface area contributed by atoms with Gasteiger partial charge in [0.25, 0.3) is 0 Å². The van der Waals surface area contributed by atoms with Gasteiger partial charge in [-0.25, -0.2) is 4.79 Å². The van der Waals surface area contributed by atoms with Crippen molar-refractivity contribution in [2.24, 2.45) is 5.73 Å². The predicted octanol–water partition coefficient (Wildman–Crippen LogP) is 0.395. The van der Waals surface area contributed by atoms with Crippen LogP contribution in [-0.2, 0) is 52.8 Å². The molecule has 5 amide bonds. The molecule has 59 heavy (non-hydrogen) atoms. The van der Waals surface area contributed by atoms with Crippen LogP contribution in [0.5, 0.6) is 0 Å². The first kappa shape index (κ1) is 43.5. The van der Waals surface area contributed by atoms with E-state index in [4.69, 9.17) is 5.73 Å². The number of aliphatic hydroxyl groups is 1. The number of hydrogen-bond donors (Lipinski definition) is 9. The molecule has 4 aromatic rings. The number of para-hydroxylation sites is 1. The molecule has 0 bridgehead atoms. The second-order valence-corrected chi connectivity index (χ2v) is 14.4. The molecule has 1 fully saturated rings. The van der Waals surface area contributed by atoms with Gasteiger partial charge < -0.3 is 52.2 Å². The number of likely N-dealkylation sites (tertiary alicyclic amines) is 1. The van der Waals surface area contributed by atoms with E-state index in [9.17, 15) is 48.9 Å². The number of aromatic amines is 1. The Bertz CT molecular complexity index is 2110. The Morgan fingerprint density at radius 2 is 1.29 bits per heavy atom. The van der Waals surface area contributed by atoms with Gasteiger partial charge in [-0.15, -0.1) is 0 Å². The Kier molecular flexibility index (Phi) is 15.3. The molecule has 1 aromatic heterocycles. The number of benzene rings is 3. The summed E-state index contributed by atoms with van der Waals surface area (Å²) in [5.41, 5.74) is 9.10. The van der Waals surface area contributed by atoms with E-state index in [-0.39, 0.29) is 38.6 Å². The van der Waals surface area contributed by atoms with Crippen LogP contribution in [-0.4, -0.2) is 116 Å². The van der Waals surface area contributed by atoms with E-state index in [1.54, 1.807) is 66.9 Å². The summed E-state index contributed by atoms with van der Waals surface area (Å²) in [5, 5.41) is 40.5. The summed E-state index contributed by atoms with van der Waals surface area (Å²) in [4.78, 5) is 96.4. The van der Waals surface area contributed by atoms with Gasteiger partial charge in [0.2, 0.25) is 29.5 Å². The van der Waals surface area contributed by atoms with Crippen LogP contribution >= 0.6 is 0 Å². The minimum Gasteiger partial charge on any atom is -0.481 e. The third-order valence-electron chi connectivity index (χ3n) is 10.2. The Labute approximate surface area is 339 Å². The highest BCUT2D eigenvalue weighted by Crippen LogP contribution is 2.21. The number of nitrogens with zero attached hydrogens (tertiary/aromatic N) is 1. The lowest BCUT2D eigenvalue weighted by molar-refractivity contribution is -0.145. The molecule has 0 spiro atoms. The molecule has 1 saturated heterocycles. The van der Waals surface area contributed by atoms with Crippen LogP contribution in [0.15, 0.2) is 91.1 Å². The smallest absolute Gasteiger partial charge is 0.326 e. The molecule has 5 rings (SSSR count). The highest BCUT2D eigenvalue weighted by Gasteiger charge is 2.40. The summed E-state index contributed by atoms with van der Waals surface area (Å²) in [6, 6.07) is 16.9. The van der Waals surface area contributed by atoms with E-state index in [1.807, 2.05) is 24.3 Å². The van der Waals surface area contributed by atoms with Gasteiger partial charge >= 0.3 is 11.9 Å². The highest BCUT2D eigenvalue weighted by atomic mass is 16.4. The maximum absolute atomic E-state index is 14.1. The quantitative estimate of drug-likeness (QED) is 0.0589. The lowest BCUT2D eigenvalue weighted by Crippen LogP contribution is -2.60. The van der Waals surface area contributed by atoms with Gasteiger partial charge in [-0.3, -0.25) is 28.8 Å². The zero-order valence-electron chi connectivity index (χ0n) is 32.2. The van der Waals surface area contributed by atoms with Gasteiger partial charge in [0.05, 0.1) is 12.6 Å². The van der Waals surface area contributed by atoms with Gasteiger partial charge in [-0.2, -0.15) is 0 Å². The monoisotopic (exact) mass is 811 g/mol. The predicted molar refractivity (Wildman–Crippen MR) is 214 cm³/mol. The van der Waals surface area contributed by atoms with Crippen molar-refractivity contribution in [2.75, 3.05) is 13.2 Å². The largest absolute Gasteiger partial charge is 0.481 e. The van der Waals surface area contributed by atoms with Gasteiger partial charge in [0, 0.05) is 42.9 Å². The molecule has 0 aliphatic carbocycles. The zero-order valence-corrected chi connectivity index (χ0v) is 32.2. The van der Waals surface area contributed by atoms with Crippen molar-refractivity contribution in [1.82, 2.24) is 31.2 Å². The minimum absolute atomic E-state index is 0.00692. The van der Waals surface area contributed by atoms with E-state index < -0.39 is 90.8 Å². The molecule has 1 aliphatic heterocycles. The molecule has 1 aliphatic rings.